The van der Waals surface area contributed by atoms with Gasteiger partial charge >= 0.3 is 5.97 Å². The largest absolute Gasteiger partial charge is 0.480 e. The third kappa shape index (κ3) is 2.03. The van der Waals surface area contributed by atoms with Crippen LogP contribution in [0.2, 0.25) is 0 Å². The van der Waals surface area contributed by atoms with Crippen molar-refractivity contribution < 1.29 is 15.0 Å². The molecule has 0 aliphatic rings. The molecule has 72 valence electrons. The molecule has 6 heteroatoms. The second-order valence-electron chi connectivity index (χ2n) is 2.61. The van der Waals surface area contributed by atoms with Gasteiger partial charge in [-0.05, 0) is 6.92 Å². The number of nitrogens with zero attached hydrogens (tertiary/aromatic N) is 1. The van der Waals surface area contributed by atoms with Gasteiger partial charge in [-0.1, -0.05) is 0 Å². The van der Waals surface area contributed by atoms with E-state index >= 15 is 0 Å². The van der Waals surface area contributed by atoms with Crippen molar-refractivity contribution in [1.29, 1.82) is 0 Å². The number of aliphatic hydroxyl groups excluding tert-OH is 1. The standard InChI is InChI=1S/C7H10N2O3S/c1-3-6(13-2-9-3)5(10)4(8)7(11)12/h2,4-5,10H,8H2,1H3,(H,11,12). The Hall–Kier alpha value is -0.980. The average Bonchev–Trinajstić information content (AvgIpc) is 2.48. The van der Waals surface area contributed by atoms with E-state index in [1.165, 1.54) is 11.3 Å². The van der Waals surface area contributed by atoms with Crippen molar-refractivity contribution in [1.82, 2.24) is 4.98 Å². The molecule has 0 radical (unpaired) electrons. The van der Waals surface area contributed by atoms with Gasteiger partial charge in [0.15, 0.2) is 0 Å². The lowest BCUT2D eigenvalue weighted by molar-refractivity contribution is -0.141. The van der Waals surface area contributed by atoms with Crippen LogP contribution in [-0.2, 0) is 4.79 Å². The van der Waals surface area contributed by atoms with E-state index in [9.17, 15) is 9.90 Å². The molecule has 1 heterocycles. The molecule has 0 aromatic carbocycles. The van der Waals surface area contributed by atoms with Crippen LogP contribution in [0.3, 0.4) is 0 Å². The van der Waals surface area contributed by atoms with Crippen LogP contribution in [0.5, 0.6) is 0 Å². The van der Waals surface area contributed by atoms with Gasteiger partial charge in [0.05, 0.1) is 16.1 Å². The Morgan fingerprint density at radius 3 is 2.77 bits per heavy atom. The van der Waals surface area contributed by atoms with Crippen LogP contribution in [0.4, 0.5) is 0 Å². The Kier molecular flexibility index (Phi) is 2.97. The molecule has 5 nitrogen and oxygen atoms in total. The summed E-state index contributed by atoms with van der Waals surface area (Å²) in [6, 6.07) is -1.29. The Bertz CT molecular complexity index is 312. The van der Waals surface area contributed by atoms with Gasteiger partial charge in [-0.25, -0.2) is 4.98 Å². The predicted molar refractivity (Wildman–Crippen MR) is 47.4 cm³/mol. The summed E-state index contributed by atoms with van der Waals surface area (Å²) in [4.78, 5) is 14.8. The third-order valence-electron chi connectivity index (χ3n) is 1.68. The minimum absolute atomic E-state index is 0.509. The first kappa shape index (κ1) is 10.1. The molecule has 1 rings (SSSR count). The molecule has 1 aromatic heterocycles. The molecule has 0 amide bonds. The first-order valence-electron chi connectivity index (χ1n) is 3.60. The van der Waals surface area contributed by atoms with Gasteiger partial charge < -0.3 is 15.9 Å². The number of aliphatic hydroxyl groups is 1. The van der Waals surface area contributed by atoms with Crippen LogP contribution >= 0.6 is 11.3 Å². The van der Waals surface area contributed by atoms with Crippen molar-refractivity contribution >= 4 is 17.3 Å². The number of rotatable bonds is 3. The van der Waals surface area contributed by atoms with Crippen LogP contribution in [-0.4, -0.2) is 27.2 Å². The maximum atomic E-state index is 10.4. The highest BCUT2D eigenvalue weighted by atomic mass is 32.1. The molecule has 1 aromatic rings. The molecule has 13 heavy (non-hydrogen) atoms. The summed E-state index contributed by atoms with van der Waals surface area (Å²) in [5.74, 6) is -1.22. The first-order chi connectivity index (χ1) is 6.04. The Labute approximate surface area is 78.8 Å². The maximum Gasteiger partial charge on any atom is 0.323 e. The van der Waals surface area contributed by atoms with Gasteiger partial charge in [0.2, 0.25) is 0 Å². The molecule has 2 unspecified atom stereocenters. The van der Waals surface area contributed by atoms with Gasteiger partial charge in [0.25, 0.3) is 0 Å². The zero-order valence-corrected chi connectivity index (χ0v) is 7.78. The quantitative estimate of drug-likeness (QED) is 0.635. The zero-order valence-electron chi connectivity index (χ0n) is 6.97. The second-order valence-corrected chi connectivity index (χ2v) is 3.50. The minimum atomic E-state index is -1.29. The van der Waals surface area contributed by atoms with Crippen molar-refractivity contribution in [2.45, 2.75) is 19.1 Å². The Morgan fingerprint density at radius 2 is 2.38 bits per heavy atom. The highest BCUT2D eigenvalue weighted by Crippen LogP contribution is 2.23. The Morgan fingerprint density at radius 1 is 1.77 bits per heavy atom. The predicted octanol–water partition coefficient (Wildman–Crippen LogP) is -0.103. The van der Waals surface area contributed by atoms with Crippen LogP contribution < -0.4 is 5.73 Å². The van der Waals surface area contributed by atoms with Crippen LogP contribution in [0.25, 0.3) is 0 Å². The molecule has 2 atom stereocenters. The number of carbonyl (C=O) groups is 1. The number of aryl methyl sites for hydroxylation is 1. The van der Waals surface area contributed by atoms with Crippen molar-refractivity contribution in [3.05, 3.63) is 16.1 Å². The SMILES string of the molecule is Cc1ncsc1C(O)C(N)C(=O)O. The fourth-order valence-electron chi connectivity index (χ4n) is 0.893. The normalized spacial score (nSPS) is 15.3. The number of hydrogen-bond acceptors (Lipinski definition) is 5. The number of thiazole rings is 1. The number of hydrogen-bond donors (Lipinski definition) is 3. The molecule has 4 N–H and O–H groups in total. The zero-order chi connectivity index (χ0) is 10.0. The highest BCUT2D eigenvalue weighted by molar-refractivity contribution is 7.09. The summed E-state index contributed by atoms with van der Waals surface area (Å²) < 4.78 is 0. The van der Waals surface area contributed by atoms with Crippen LogP contribution in [0.15, 0.2) is 5.51 Å². The molecule has 0 spiro atoms. The maximum absolute atomic E-state index is 10.4. The van der Waals surface area contributed by atoms with Gasteiger partial charge in [-0.2, -0.15) is 0 Å². The molecule has 0 aliphatic carbocycles. The molecule has 0 aliphatic heterocycles. The number of aromatic nitrogens is 1. The van der Waals surface area contributed by atoms with Crippen molar-refractivity contribution in [2.75, 3.05) is 0 Å². The molecule has 0 fully saturated rings. The highest BCUT2D eigenvalue weighted by Gasteiger charge is 2.26. The van der Waals surface area contributed by atoms with Crippen molar-refractivity contribution in [3.63, 3.8) is 0 Å². The van der Waals surface area contributed by atoms with Gasteiger partial charge in [0.1, 0.15) is 12.1 Å². The smallest absolute Gasteiger partial charge is 0.323 e. The van der Waals surface area contributed by atoms with Crippen molar-refractivity contribution in [3.8, 4) is 0 Å². The minimum Gasteiger partial charge on any atom is -0.480 e. The number of carboxylic acid groups (broad SMARTS) is 1. The van der Waals surface area contributed by atoms with Gasteiger partial charge in [-0.15, -0.1) is 11.3 Å². The average molecular weight is 202 g/mol. The third-order valence-corrected chi connectivity index (χ3v) is 2.68. The number of carboxylic acids is 1. The molecule has 0 saturated heterocycles. The molecular formula is C7H10N2O3S. The van der Waals surface area contributed by atoms with E-state index in [0.717, 1.165) is 0 Å². The molecular weight excluding hydrogens is 192 g/mol. The van der Waals surface area contributed by atoms with E-state index < -0.39 is 18.1 Å². The van der Waals surface area contributed by atoms with E-state index in [1.807, 2.05) is 0 Å². The second kappa shape index (κ2) is 3.82. The van der Waals surface area contributed by atoms with E-state index in [-0.39, 0.29) is 0 Å². The number of nitrogens with two attached hydrogens (primary N) is 1. The fourth-order valence-corrected chi connectivity index (χ4v) is 1.73. The number of aliphatic carboxylic acids is 1. The Balaban J connectivity index is 2.85. The van der Waals surface area contributed by atoms with E-state index in [0.29, 0.717) is 10.6 Å². The van der Waals surface area contributed by atoms with Gasteiger partial charge in [-0.3, -0.25) is 4.79 Å². The van der Waals surface area contributed by atoms with Crippen LogP contribution in [0.1, 0.15) is 16.7 Å². The van der Waals surface area contributed by atoms with Crippen molar-refractivity contribution in [2.24, 2.45) is 5.73 Å². The molecule has 0 saturated carbocycles. The lowest BCUT2D eigenvalue weighted by Gasteiger charge is -2.13. The summed E-state index contributed by atoms with van der Waals surface area (Å²) in [6.07, 6.45) is -1.18. The summed E-state index contributed by atoms with van der Waals surface area (Å²) in [5, 5.41) is 18.0. The molecule has 0 bridgehead atoms. The summed E-state index contributed by atoms with van der Waals surface area (Å²) >= 11 is 1.20. The fraction of sp³-hybridized carbons (Fsp3) is 0.429. The van der Waals surface area contributed by atoms with E-state index in [2.05, 4.69) is 4.98 Å². The van der Waals surface area contributed by atoms with Crippen LogP contribution in [0, 0.1) is 6.92 Å². The monoisotopic (exact) mass is 202 g/mol. The summed E-state index contributed by atoms with van der Waals surface area (Å²) in [5.41, 5.74) is 7.41. The lowest BCUT2D eigenvalue weighted by atomic mass is 10.1. The lowest BCUT2D eigenvalue weighted by Crippen LogP contribution is -2.36. The van der Waals surface area contributed by atoms with Gasteiger partial charge in [0, 0.05) is 0 Å². The topological polar surface area (TPSA) is 96.4 Å². The van der Waals surface area contributed by atoms with E-state index in [1.54, 1.807) is 12.4 Å². The summed E-state index contributed by atoms with van der Waals surface area (Å²) in [7, 11) is 0. The van der Waals surface area contributed by atoms with E-state index in [4.69, 9.17) is 10.8 Å². The first-order valence-corrected chi connectivity index (χ1v) is 4.48. The summed E-state index contributed by atoms with van der Waals surface area (Å²) in [6.45, 7) is 1.70.